The quantitative estimate of drug-likeness (QED) is 0.738. The summed E-state index contributed by atoms with van der Waals surface area (Å²) < 4.78 is 1.18. The molecule has 0 unspecified atom stereocenters. The van der Waals surface area contributed by atoms with Crippen molar-refractivity contribution in [1.82, 2.24) is 25.2 Å². The predicted octanol–water partition coefficient (Wildman–Crippen LogP) is 3.03. The number of carbonyl (C=O) groups is 1. The first-order valence-corrected chi connectivity index (χ1v) is 10.8. The molecule has 3 aromatic rings. The molecule has 0 radical (unpaired) electrons. The number of hydrogen-bond donors (Lipinski definition) is 1. The fraction of sp³-hybridized carbons (Fsp3) is 0.429. The standard InChI is InChI=1S/C21H23N5OS/c27-20(8-7-19-24-16-4-1-2-6-18(16)28-19)26-11-3-5-17(26)21-23-13-14-12-22-10-9-15(14)25-21/h1-2,4,6,13,17,22H,3,5,7-12H2/t17-/m1/s1. The van der Waals surface area contributed by atoms with E-state index in [1.807, 2.05) is 29.3 Å². The molecular formula is C21H23N5OS. The average molecular weight is 394 g/mol. The van der Waals surface area contributed by atoms with Crippen LogP contribution >= 0.6 is 11.3 Å². The lowest BCUT2D eigenvalue weighted by Crippen LogP contribution is -2.32. The van der Waals surface area contributed by atoms with Crippen molar-refractivity contribution in [1.29, 1.82) is 0 Å². The Hall–Kier alpha value is -2.38. The normalized spacial score (nSPS) is 19.1. The number of aryl methyl sites for hydroxylation is 1. The Balaban J connectivity index is 1.28. The molecule has 7 heteroatoms. The zero-order valence-corrected chi connectivity index (χ0v) is 16.5. The second-order valence-corrected chi connectivity index (χ2v) is 8.56. The van der Waals surface area contributed by atoms with Crippen molar-refractivity contribution in [2.24, 2.45) is 0 Å². The topological polar surface area (TPSA) is 71.0 Å². The van der Waals surface area contributed by atoms with E-state index in [0.717, 1.165) is 60.9 Å². The molecule has 0 bridgehead atoms. The van der Waals surface area contributed by atoms with Crippen molar-refractivity contribution in [3.05, 3.63) is 52.6 Å². The molecule has 4 heterocycles. The molecule has 0 aliphatic carbocycles. The van der Waals surface area contributed by atoms with Gasteiger partial charge in [-0.2, -0.15) is 0 Å². The van der Waals surface area contributed by atoms with Gasteiger partial charge in [-0.15, -0.1) is 11.3 Å². The number of amides is 1. The summed E-state index contributed by atoms with van der Waals surface area (Å²) in [6, 6.07) is 8.15. The summed E-state index contributed by atoms with van der Waals surface area (Å²) in [5.74, 6) is 0.997. The van der Waals surface area contributed by atoms with Crippen LogP contribution in [0.15, 0.2) is 30.5 Å². The van der Waals surface area contributed by atoms with Crippen molar-refractivity contribution in [2.75, 3.05) is 13.1 Å². The number of nitrogens with one attached hydrogen (secondary N) is 1. The summed E-state index contributed by atoms with van der Waals surface area (Å²) in [7, 11) is 0. The van der Waals surface area contributed by atoms with E-state index in [4.69, 9.17) is 4.98 Å². The fourth-order valence-electron chi connectivity index (χ4n) is 4.13. The molecule has 1 N–H and O–H groups in total. The molecule has 1 atom stereocenters. The number of para-hydroxylation sites is 1. The molecule has 144 valence electrons. The third-order valence-electron chi connectivity index (χ3n) is 5.59. The number of carbonyl (C=O) groups excluding carboxylic acids is 1. The Morgan fingerprint density at radius 3 is 3.14 bits per heavy atom. The van der Waals surface area contributed by atoms with Crippen molar-refractivity contribution in [2.45, 2.75) is 44.7 Å². The van der Waals surface area contributed by atoms with Crippen molar-refractivity contribution in [3.8, 4) is 0 Å². The van der Waals surface area contributed by atoms with E-state index in [0.29, 0.717) is 12.8 Å². The molecule has 5 rings (SSSR count). The minimum Gasteiger partial charge on any atom is -0.332 e. The molecular weight excluding hydrogens is 370 g/mol. The molecule has 0 saturated carbocycles. The van der Waals surface area contributed by atoms with E-state index in [2.05, 4.69) is 21.4 Å². The second kappa shape index (κ2) is 7.56. The molecule has 0 spiro atoms. The highest BCUT2D eigenvalue weighted by Crippen LogP contribution is 2.31. The van der Waals surface area contributed by atoms with Gasteiger partial charge in [-0.1, -0.05) is 12.1 Å². The minimum atomic E-state index is 0.0167. The molecule has 1 amide bonds. The average Bonchev–Trinajstić information content (AvgIpc) is 3.38. The first kappa shape index (κ1) is 17.7. The number of benzene rings is 1. The third-order valence-corrected chi connectivity index (χ3v) is 6.69. The van der Waals surface area contributed by atoms with Crippen LogP contribution in [0.4, 0.5) is 0 Å². The monoisotopic (exact) mass is 393 g/mol. The Morgan fingerprint density at radius 2 is 2.21 bits per heavy atom. The van der Waals surface area contributed by atoms with E-state index < -0.39 is 0 Å². The number of likely N-dealkylation sites (tertiary alicyclic amines) is 1. The van der Waals surface area contributed by atoms with Gasteiger partial charge in [-0.05, 0) is 25.0 Å². The van der Waals surface area contributed by atoms with Crippen LogP contribution in [0.5, 0.6) is 0 Å². The van der Waals surface area contributed by atoms with E-state index in [9.17, 15) is 4.79 Å². The van der Waals surface area contributed by atoms with Crippen LogP contribution in [0.2, 0.25) is 0 Å². The van der Waals surface area contributed by atoms with Gasteiger partial charge in [0, 0.05) is 56.4 Å². The maximum atomic E-state index is 12.9. The summed E-state index contributed by atoms with van der Waals surface area (Å²) in [6.45, 7) is 2.59. The Labute approximate surface area is 168 Å². The van der Waals surface area contributed by atoms with Gasteiger partial charge in [-0.3, -0.25) is 4.79 Å². The van der Waals surface area contributed by atoms with E-state index >= 15 is 0 Å². The van der Waals surface area contributed by atoms with Gasteiger partial charge in [0.2, 0.25) is 5.91 Å². The number of thiazole rings is 1. The van der Waals surface area contributed by atoms with Crippen LogP contribution in [-0.4, -0.2) is 38.8 Å². The highest BCUT2D eigenvalue weighted by molar-refractivity contribution is 7.18. The van der Waals surface area contributed by atoms with Crippen molar-refractivity contribution >= 4 is 27.5 Å². The number of nitrogens with zero attached hydrogens (tertiary/aromatic N) is 4. The van der Waals surface area contributed by atoms with E-state index in [-0.39, 0.29) is 11.9 Å². The van der Waals surface area contributed by atoms with Crippen molar-refractivity contribution < 1.29 is 4.79 Å². The molecule has 1 fully saturated rings. The zero-order chi connectivity index (χ0) is 18.9. The van der Waals surface area contributed by atoms with Gasteiger partial charge in [0.1, 0.15) is 0 Å². The lowest BCUT2D eigenvalue weighted by atomic mass is 10.1. The van der Waals surface area contributed by atoms with Gasteiger partial charge in [-0.25, -0.2) is 15.0 Å². The molecule has 2 aromatic heterocycles. The van der Waals surface area contributed by atoms with Gasteiger partial charge < -0.3 is 10.2 Å². The fourth-order valence-corrected chi connectivity index (χ4v) is 5.10. The summed E-state index contributed by atoms with van der Waals surface area (Å²) in [5, 5.41) is 4.38. The van der Waals surface area contributed by atoms with Crippen LogP contribution in [0, 0.1) is 0 Å². The number of aromatic nitrogens is 3. The molecule has 1 saturated heterocycles. The van der Waals surface area contributed by atoms with Crippen LogP contribution in [-0.2, 0) is 24.2 Å². The molecule has 6 nitrogen and oxygen atoms in total. The van der Waals surface area contributed by atoms with E-state index in [1.54, 1.807) is 11.3 Å². The number of hydrogen-bond acceptors (Lipinski definition) is 6. The third kappa shape index (κ3) is 3.40. The Morgan fingerprint density at radius 1 is 1.29 bits per heavy atom. The maximum absolute atomic E-state index is 12.9. The summed E-state index contributed by atoms with van der Waals surface area (Å²) in [5.41, 5.74) is 3.34. The van der Waals surface area contributed by atoms with Gasteiger partial charge in [0.25, 0.3) is 0 Å². The Bertz CT molecular complexity index is 984. The zero-order valence-electron chi connectivity index (χ0n) is 15.7. The maximum Gasteiger partial charge on any atom is 0.223 e. The van der Waals surface area contributed by atoms with Gasteiger partial charge in [0.15, 0.2) is 5.82 Å². The second-order valence-electron chi connectivity index (χ2n) is 7.45. The highest BCUT2D eigenvalue weighted by Gasteiger charge is 2.32. The molecule has 1 aromatic carbocycles. The Kier molecular flexibility index (Phi) is 4.78. The molecule has 2 aliphatic rings. The van der Waals surface area contributed by atoms with Crippen molar-refractivity contribution in [3.63, 3.8) is 0 Å². The van der Waals surface area contributed by atoms with Gasteiger partial charge in [0.05, 0.1) is 21.3 Å². The summed E-state index contributed by atoms with van der Waals surface area (Å²) >= 11 is 1.68. The lowest BCUT2D eigenvalue weighted by Gasteiger charge is -2.25. The smallest absolute Gasteiger partial charge is 0.223 e. The van der Waals surface area contributed by atoms with Crippen LogP contribution in [0.1, 0.15) is 47.4 Å². The first-order valence-electron chi connectivity index (χ1n) is 9.97. The summed E-state index contributed by atoms with van der Waals surface area (Å²) in [4.78, 5) is 29.0. The number of rotatable bonds is 4. The first-order chi connectivity index (χ1) is 13.8. The largest absolute Gasteiger partial charge is 0.332 e. The minimum absolute atomic E-state index is 0.0167. The van der Waals surface area contributed by atoms with Gasteiger partial charge >= 0.3 is 0 Å². The van der Waals surface area contributed by atoms with E-state index in [1.165, 1.54) is 10.3 Å². The predicted molar refractivity (Wildman–Crippen MR) is 109 cm³/mol. The SMILES string of the molecule is O=C(CCc1nc2ccccc2s1)N1CCC[C@@H]1c1ncc2c(n1)CCNC2. The van der Waals surface area contributed by atoms with Crippen LogP contribution in [0.25, 0.3) is 10.2 Å². The molecule has 2 aliphatic heterocycles. The van der Waals surface area contributed by atoms with Crippen LogP contribution in [0.3, 0.4) is 0 Å². The molecule has 28 heavy (non-hydrogen) atoms. The highest BCUT2D eigenvalue weighted by atomic mass is 32.1. The lowest BCUT2D eigenvalue weighted by molar-refractivity contribution is -0.132. The summed E-state index contributed by atoms with van der Waals surface area (Å²) in [6.07, 6.45) is 6.02. The number of fused-ring (bicyclic) bond motifs is 2. The van der Waals surface area contributed by atoms with Crippen LogP contribution < -0.4 is 5.32 Å².